The Kier molecular flexibility index (Phi) is 10.0. The smallest absolute Gasteiger partial charge is 0.318 e. The first-order valence-corrected chi connectivity index (χ1v) is 9.23. The van der Waals surface area contributed by atoms with E-state index in [1.54, 1.807) is 0 Å². The van der Waals surface area contributed by atoms with Crippen LogP contribution in [-0.4, -0.2) is 23.1 Å². The number of hydrogen-bond donors (Lipinski definition) is 0. The lowest BCUT2D eigenvalue weighted by molar-refractivity contribution is -0.395. The zero-order chi connectivity index (χ0) is 19.4. The van der Waals surface area contributed by atoms with Crippen molar-refractivity contribution >= 4 is 11.4 Å². The summed E-state index contributed by atoms with van der Waals surface area (Å²) in [5, 5.41) is 22.5. The van der Waals surface area contributed by atoms with Crippen LogP contribution in [0, 0.1) is 20.2 Å². The highest BCUT2D eigenvalue weighted by Gasteiger charge is 2.26. The Bertz CT molecular complexity index is 544. The van der Waals surface area contributed by atoms with Crippen molar-refractivity contribution < 1.29 is 19.3 Å². The monoisotopic (exact) mass is 368 g/mol. The van der Waals surface area contributed by atoms with Crippen molar-refractivity contribution in [1.82, 2.24) is 0 Å². The molecule has 0 heterocycles. The van der Waals surface area contributed by atoms with Crippen molar-refractivity contribution in [2.75, 3.05) is 13.2 Å². The van der Waals surface area contributed by atoms with Gasteiger partial charge in [0.25, 0.3) is 0 Å². The predicted molar refractivity (Wildman–Crippen MR) is 99.0 cm³/mol. The Balaban J connectivity index is 2.89. The van der Waals surface area contributed by atoms with Crippen LogP contribution in [0.5, 0.6) is 11.5 Å². The Morgan fingerprint density at radius 2 is 1.15 bits per heavy atom. The molecule has 0 aliphatic rings. The Morgan fingerprint density at radius 1 is 0.731 bits per heavy atom. The molecular weight excluding hydrogens is 340 g/mol. The number of ether oxygens (including phenoxy) is 2. The standard InChI is InChI=1S/C18H28N2O6/c1-3-5-7-9-11-25-17-14-18(26-12-10-8-6-4-2)16(20(23)24)13-15(17)19(21)22/h13-14H,3-12H2,1-2H3. The first kappa shape index (κ1) is 21.7. The van der Waals surface area contributed by atoms with Crippen LogP contribution in [-0.2, 0) is 0 Å². The SMILES string of the molecule is CCCCCCOc1cc(OCCCCCC)c([N+](=O)[O-])cc1[N+](=O)[O-]. The van der Waals surface area contributed by atoms with Crippen molar-refractivity contribution in [1.29, 1.82) is 0 Å². The van der Waals surface area contributed by atoms with Crippen molar-refractivity contribution in [3.8, 4) is 11.5 Å². The van der Waals surface area contributed by atoms with E-state index >= 15 is 0 Å². The van der Waals surface area contributed by atoms with Gasteiger partial charge in [-0.3, -0.25) is 20.2 Å². The molecule has 0 spiro atoms. The van der Waals surface area contributed by atoms with Gasteiger partial charge in [-0.2, -0.15) is 0 Å². The molecule has 0 radical (unpaired) electrons. The zero-order valence-electron chi connectivity index (χ0n) is 15.6. The lowest BCUT2D eigenvalue weighted by Crippen LogP contribution is -2.05. The fraction of sp³-hybridized carbons (Fsp3) is 0.667. The molecule has 1 aromatic rings. The molecule has 0 atom stereocenters. The topological polar surface area (TPSA) is 105 Å². The molecule has 1 rings (SSSR count). The van der Waals surface area contributed by atoms with Crippen molar-refractivity contribution in [3.63, 3.8) is 0 Å². The molecule has 0 fully saturated rings. The molecule has 0 aromatic heterocycles. The van der Waals surface area contributed by atoms with Crippen LogP contribution in [0.2, 0.25) is 0 Å². The van der Waals surface area contributed by atoms with E-state index in [1.165, 1.54) is 6.07 Å². The molecule has 0 saturated carbocycles. The van der Waals surface area contributed by atoms with Gasteiger partial charge in [-0.05, 0) is 12.8 Å². The van der Waals surface area contributed by atoms with E-state index in [2.05, 4.69) is 13.8 Å². The van der Waals surface area contributed by atoms with E-state index in [-0.39, 0.29) is 11.5 Å². The van der Waals surface area contributed by atoms with Crippen LogP contribution in [0.15, 0.2) is 12.1 Å². The second kappa shape index (κ2) is 12.1. The number of rotatable bonds is 14. The van der Waals surface area contributed by atoms with E-state index < -0.39 is 21.2 Å². The summed E-state index contributed by atoms with van der Waals surface area (Å²) < 4.78 is 11.0. The van der Waals surface area contributed by atoms with Crippen LogP contribution >= 0.6 is 0 Å². The Hall–Kier alpha value is -2.38. The molecule has 1 aromatic carbocycles. The molecule has 0 aliphatic carbocycles. The summed E-state index contributed by atoms with van der Waals surface area (Å²) in [7, 11) is 0. The second-order valence-corrected chi connectivity index (χ2v) is 6.12. The van der Waals surface area contributed by atoms with E-state index in [0.717, 1.165) is 57.4 Å². The third-order valence-corrected chi connectivity index (χ3v) is 3.94. The average Bonchev–Trinajstić information content (AvgIpc) is 2.60. The highest BCUT2D eigenvalue weighted by molar-refractivity contribution is 5.61. The fourth-order valence-electron chi connectivity index (χ4n) is 2.48. The summed E-state index contributed by atoms with van der Waals surface area (Å²) in [4.78, 5) is 21.1. The summed E-state index contributed by atoms with van der Waals surface area (Å²) in [6.07, 6.45) is 7.78. The normalized spacial score (nSPS) is 10.5. The quantitative estimate of drug-likeness (QED) is 0.246. The number of nitro benzene ring substituents is 2. The summed E-state index contributed by atoms with van der Waals surface area (Å²) in [5.41, 5.74) is -0.823. The molecule has 0 saturated heterocycles. The highest BCUT2D eigenvalue weighted by atomic mass is 16.6. The van der Waals surface area contributed by atoms with Gasteiger partial charge in [-0.1, -0.05) is 52.4 Å². The third-order valence-electron chi connectivity index (χ3n) is 3.94. The molecule has 26 heavy (non-hydrogen) atoms. The van der Waals surface area contributed by atoms with Gasteiger partial charge in [0.15, 0.2) is 0 Å². The third kappa shape index (κ3) is 7.25. The first-order valence-electron chi connectivity index (χ1n) is 9.23. The van der Waals surface area contributed by atoms with Crippen LogP contribution in [0.3, 0.4) is 0 Å². The second-order valence-electron chi connectivity index (χ2n) is 6.12. The number of nitro groups is 2. The van der Waals surface area contributed by atoms with E-state index in [4.69, 9.17) is 9.47 Å². The molecule has 8 nitrogen and oxygen atoms in total. The van der Waals surface area contributed by atoms with Gasteiger partial charge in [-0.25, -0.2) is 0 Å². The Labute approximate surface area is 153 Å². The number of unbranched alkanes of at least 4 members (excludes halogenated alkanes) is 6. The molecule has 146 valence electrons. The maximum absolute atomic E-state index is 11.2. The van der Waals surface area contributed by atoms with Gasteiger partial charge >= 0.3 is 11.4 Å². The fourth-order valence-corrected chi connectivity index (χ4v) is 2.48. The van der Waals surface area contributed by atoms with E-state index in [9.17, 15) is 20.2 Å². The van der Waals surface area contributed by atoms with Crippen LogP contribution in [0.25, 0.3) is 0 Å². The molecule has 0 amide bonds. The summed E-state index contributed by atoms with van der Waals surface area (Å²) >= 11 is 0. The summed E-state index contributed by atoms with van der Waals surface area (Å²) in [6, 6.07) is 2.19. The van der Waals surface area contributed by atoms with E-state index in [0.29, 0.717) is 13.2 Å². The maximum atomic E-state index is 11.2. The van der Waals surface area contributed by atoms with Crippen LogP contribution < -0.4 is 9.47 Å². The highest BCUT2D eigenvalue weighted by Crippen LogP contribution is 2.39. The van der Waals surface area contributed by atoms with Crippen molar-refractivity contribution in [2.24, 2.45) is 0 Å². The van der Waals surface area contributed by atoms with Gasteiger partial charge in [0.2, 0.25) is 11.5 Å². The molecule has 0 N–H and O–H groups in total. The average molecular weight is 368 g/mol. The zero-order valence-corrected chi connectivity index (χ0v) is 15.6. The lowest BCUT2D eigenvalue weighted by atomic mass is 10.2. The molecule has 0 unspecified atom stereocenters. The minimum absolute atomic E-state index is 0.0145. The van der Waals surface area contributed by atoms with Gasteiger partial charge in [0.1, 0.15) is 6.07 Å². The lowest BCUT2D eigenvalue weighted by Gasteiger charge is -2.11. The summed E-state index contributed by atoms with van der Waals surface area (Å²) in [5.74, 6) is 0.0290. The van der Waals surface area contributed by atoms with Crippen LogP contribution in [0.1, 0.15) is 65.2 Å². The minimum atomic E-state index is -0.667. The van der Waals surface area contributed by atoms with Crippen LogP contribution in [0.4, 0.5) is 11.4 Å². The van der Waals surface area contributed by atoms with Gasteiger partial charge in [-0.15, -0.1) is 0 Å². The molecule has 0 aliphatic heterocycles. The van der Waals surface area contributed by atoms with Gasteiger partial charge < -0.3 is 9.47 Å². The van der Waals surface area contributed by atoms with E-state index in [1.807, 2.05) is 0 Å². The number of nitrogens with zero attached hydrogens (tertiary/aromatic N) is 2. The largest absolute Gasteiger partial charge is 0.487 e. The molecule has 0 bridgehead atoms. The number of hydrogen-bond acceptors (Lipinski definition) is 6. The number of benzene rings is 1. The summed E-state index contributed by atoms with van der Waals surface area (Å²) in [6.45, 7) is 4.83. The van der Waals surface area contributed by atoms with Gasteiger partial charge in [0.05, 0.1) is 23.1 Å². The predicted octanol–water partition coefficient (Wildman–Crippen LogP) is 5.42. The maximum Gasteiger partial charge on any atom is 0.318 e. The minimum Gasteiger partial charge on any atom is -0.487 e. The first-order chi connectivity index (χ1) is 12.5. The van der Waals surface area contributed by atoms with Crippen molar-refractivity contribution in [2.45, 2.75) is 65.2 Å². The molecular formula is C18H28N2O6. The van der Waals surface area contributed by atoms with Crippen molar-refractivity contribution in [3.05, 3.63) is 32.4 Å². The molecule has 8 heteroatoms. The van der Waals surface area contributed by atoms with Gasteiger partial charge in [0, 0.05) is 6.07 Å². The Morgan fingerprint density at radius 3 is 1.50 bits per heavy atom.